The standard InChI is InChI=1S/C16H19NO3/c18-14-7-9-17-8-6-13(16(14)17)11-20-15(19)10-12-4-2-1-3-5-12/h1-6,14,16,18H,7-11H2/t14-,16-/m1/s1. The Kier molecular flexibility index (Phi) is 3.85. The maximum Gasteiger partial charge on any atom is 0.310 e. The van der Waals surface area contributed by atoms with Crippen LogP contribution < -0.4 is 0 Å². The maximum atomic E-state index is 11.8. The number of hydrogen-bond donors (Lipinski definition) is 1. The van der Waals surface area contributed by atoms with Gasteiger partial charge in [-0.3, -0.25) is 9.69 Å². The Bertz CT molecular complexity index is 512. The minimum Gasteiger partial charge on any atom is -0.461 e. The summed E-state index contributed by atoms with van der Waals surface area (Å²) in [5, 5.41) is 9.95. The number of benzene rings is 1. The molecule has 2 atom stereocenters. The van der Waals surface area contributed by atoms with E-state index in [1.54, 1.807) is 0 Å². The van der Waals surface area contributed by atoms with Crippen molar-refractivity contribution in [1.82, 2.24) is 4.90 Å². The highest BCUT2D eigenvalue weighted by atomic mass is 16.5. The molecule has 0 aromatic heterocycles. The van der Waals surface area contributed by atoms with E-state index in [1.165, 1.54) is 0 Å². The number of fused-ring (bicyclic) bond motifs is 1. The van der Waals surface area contributed by atoms with Gasteiger partial charge < -0.3 is 9.84 Å². The number of ether oxygens (including phenoxy) is 1. The zero-order valence-electron chi connectivity index (χ0n) is 11.4. The maximum absolute atomic E-state index is 11.8. The molecule has 0 saturated carbocycles. The molecule has 0 radical (unpaired) electrons. The minimum absolute atomic E-state index is 0.0551. The summed E-state index contributed by atoms with van der Waals surface area (Å²) in [4.78, 5) is 14.0. The summed E-state index contributed by atoms with van der Waals surface area (Å²) in [5.41, 5.74) is 2.00. The molecule has 4 heteroatoms. The van der Waals surface area contributed by atoms with Crippen LogP contribution in [0.4, 0.5) is 0 Å². The van der Waals surface area contributed by atoms with Gasteiger partial charge in [0.25, 0.3) is 0 Å². The first-order chi connectivity index (χ1) is 9.74. The molecule has 0 unspecified atom stereocenters. The molecular formula is C16H19NO3. The predicted octanol–water partition coefficient (Wildman–Crippen LogP) is 1.15. The molecule has 0 bridgehead atoms. The number of nitrogens with zero attached hydrogens (tertiary/aromatic N) is 1. The van der Waals surface area contributed by atoms with Crippen molar-refractivity contribution in [3.63, 3.8) is 0 Å². The van der Waals surface area contributed by atoms with E-state index in [9.17, 15) is 9.90 Å². The predicted molar refractivity (Wildman–Crippen MR) is 75.2 cm³/mol. The molecule has 1 N–H and O–H groups in total. The molecule has 1 aromatic carbocycles. The van der Waals surface area contributed by atoms with Crippen molar-refractivity contribution in [1.29, 1.82) is 0 Å². The fourth-order valence-corrected chi connectivity index (χ4v) is 3.00. The zero-order chi connectivity index (χ0) is 13.9. The van der Waals surface area contributed by atoms with Crippen molar-refractivity contribution >= 4 is 5.97 Å². The smallest absolute Gasteiger partial charge is 0.310 e. The van der Waals surface area contributed by atoms with Crippen LogP contribution in [0.2, 0.25) is 0 Å². The van der Waals surface area contributed by atoms with Gasteiger partial charge in [0.15, 0.2) is 0 Å². The van der Waals surface area contributed by atoms with Gasteiger partial charge in [-0.25, -0.2) is 0 Å². The molecule has 1 aromatic rings. The second-order valence-corrected chi connectivity index (χ2v) is 5.40. The average Bonchev–Trinajstić information content (AvgIpc) is 3.02. The topological polar surface area (TPSA) is 49.8 Å². The number of esters is 1. The molecule has 106 valence electrons. The van der Waals surface area contributed by atoms with Gasteiger partial charge in [0.05, 0.1) is 18.6 Å². The molecule has 2 heterocycles. The van der Waals surface area contributed by atoms with E-state index in [1.807, 2.05) is 30.3 Å². The van der Waals surface area contributed by atoms with Crippen LogP contribution in [0.25, 0.3) is 0 Å². The third kappa shape index (κ3) is 2.76. The second kappa shape index (κ2) is 5.77. The number of aliphatic hydroxyl groups is 1. The van der Waals surface area contributed by atoms with Crippen LogP contribution >= 0.6 is 0 Å². The summed E-state index contributed by atoms with van der Waals surface area (Å²) in [5.74, 6) is -0.219. The zero-order valence-corrected chi connectivity index (χ0v) is 11.4. The van der Waals surface area contributed by atoms with E-state index in [0.717, 1.165) is 30.6 Å². The third-order valence-corrected chi connectivity index (χ3v) is 4.03. The summed E-state index contributed by atoms with van der Waals surface area (Å²) in [7, 11) is 0. The summed E-state index contributed by atoms with van der Waals surface area (Å²) in [6, 6.07) is 9.63. The van der Waals surface area contributed by atoms with Gasteiger partial charge in [-0.2, -0.15) is 0 Å². The third-order valence-electron chi connectivity index (χ3n) is 4.03. The van der Waals surface area contributed by atoms with E-state index in [0.29, 0.717) is 13.0 Å². The van der Waals surface area contributed by atoms with Crippen LogP contribution in [0, 0.1) is 0 Å². The Morgan fingerprint density at radius 3 is 2.95 bits per heavy atom. The number of rotatable bonds is 4. The highest BCUT2D eigenvalue weighted by Gasteiger charge is 2.38. The first kappa shape index (κ1) is 13.3. The normalized spacial score (nSPS) is 25.4. The van der Waals surface area contributed by atoms with E-state index in [2.05, 4.69) is 11.0 Å². The fraction of sp³-hybridized carbons (Fsp3) is 0.438. The quantitative estimate of drug-likeness (QED) is 0.660. The summed E-state index contributed by atoms with van der Waals surface area (Å²) >= 11 is 0. The Morgan fingerprint density at radius 2 is 2.15 bits per heavy atom. The number of aliphatic hydroxyl groups excluding tert-OH is 1. The van der Waals surface area contributed by atoms with Crippen LogP contribution in [-0.2, 0) is 16.0 Å². The first-order valence-corrected chi connectivity index (χ1v) is 7.04. The van der Waals surface area contributed by atoms with Crippen LogP contribution in [0.15, 0.2) is 42.0 Å². The molecule has 0 amide bonds. The number of hydrogen-bond acceptors (Lipinski definition) is 4. The Morgan fingerprint density at radius 1 is 1.35 bits per heavy atom. The lowest BCUT2D eigenvalue weighted by molar-refractivity contribution is -0.142. The van der Waals surface area contributed by atoms with Crippen molar-refractivity contribution in [2.45, 2.75) is 25.0 Å². The fourth-order valence-electron chi connectivity index (χ4n) is 3.00. The highest BCUT2D eigenvalue weighted by molar-refractivity contribution is 5.72. The van der Waals surface area contributed by atoms with Gasteiger partial charge in [-0.1, -0.05) is 36.4 Å². The summed E-state index contributed by atoms with van der Waals surface area (Å²) in [6.45, 7) is 2.07. The molecular weight excluding hydrogens is 254 g/mol. The van der Waals surface area contributed by atoms with Crippen molar-refractivity contribution in [2.75, 3.05) is 19.7 Å². The molecule has 20 heavy (non-hydrogen) atoms. The molecule has 4 nitrogen and oxygen atoms in total. The van der Waals surface area contributed by atoms with Gasteiger partial charge in [0, 0.05) is 13.1 Å². The SMILES string of the molecule is O=C(Cc1ccccc1)OCC1=CCN2CC[C@@H](O)[C@@H]12. The Balaban J connectivity index is 1.51. The van der Waals surface area contributed by atoms with Crippen molar-refractivity contribution in [3.8, 4) is 0 Å². The lowest BCUT2D eigenvalue weighted by atomic mass is 10.1. The van der Waals surface area contributed by atoms with Gasteiger partial charge in [0.2, 0.25) is 0 Å². The lowest BCUT2D eigenvalue weighted by Gasteiger charge is -2.20. The van der Waals surface area contributed by atoms with Gasteiger partial charge >= 0.3 is 5.97 Å². The van der Waals surface area contributed by atoms with Crippen LogP contribution in [-0.4, -0.2) is 47.8 Å². The van der Waals surface area contributed by atoms with E-state index in [-0.39, 0.29) is 18.1 Å². The van der Waals surface area contributed by atoms with Crippen molar-refractivity contribution < 1.29 is 14.6 Å². The summed E-state index contributed by atoms with van der Waals surface area (Å²) < 4.78 is 5.34. The van der Waals surface area contributed by atoms with E-state index < -0.39 is 0 Å². The Hall–Kier alpha value is -1.65. The molecule has 1 saturated heterocycles. The second-order valence-electron chi connectivity index (χ2n) is 5.40. The molecule has 3 rings (SSSR count). The number of carbonyl (C=O) groups is 1. The average molecular weight is 273 g/mol. The minimum atomic E-state index is -0.323. The van der Waals surface area contributed by atoms with Crippen LogP contribution in [0.1, 0.15) is 12.0 Å². The Labute approximate surface area is 118 Å². The van der Waals surface area contributed by atoms with Gasteiger partial charge in [0.1, 0.15) is 6.61 Å². The monoisotopic (exact) mass is 273 g/mol. The molecule has 0 spiro atoms. The van der Waals surface area contributed by atoms with Crippen molar-refractivity contribution in [3.05, 3.63) is 47.5 Å². The molecule has 2 aliphatic rings. The number of carbonyl (C=O) groups excluding carboxylic acids is 1. The highest BCUT2D eigenvalue weighted by Crippen LogP contribution is 2.29. The molecule has 0 aliphatic carbocycles. The van der Waals surface area contributed by atoms with Crippen LogP contribution in [0.5, 0.6) is 0 Å². The van der Waals surface area contributed by atoms with E-state index in [4.69, 9.17) is 4.74 Å². The van der Waals surface area contributed by atoms with Gasteiger partial charge in [-0.05, 0) is 17.6 Å². The van der Waals surface area contributed by atoms with Crippen molar-refractivity contribution in [2.24, 2.45) is 0 Å². The van der Waals surface area contributed by atoms with E-state index >= 15 is 0 Å². The first-order valence-electron chi connectivity index (χ1n) is 7.04. The van der Waals surface area contributed by atoms with Gasteiger partial charge in [-0.15, -0.1) is 0 Å². The largest absolute Gasteiger partial charge is 0.461 e. The van der Waals surface area contributed by atoms with Crippen LogP contribution in [0.3, 0.4) is 0 Å². The molecule has 2 aliphatic heterocycles. The lowest BCUT2D eigenvalue weighted by Crippen LogP contribution is -2.33. The molecule has 1 fully saturated rings. The summed E-state index contributed by atoms with van der Waals surface area (Å²) in [6.07, 6.45) is 2.85.